The van der Waals surface area contributed by atoms with Gasteiger partial charge in [0.05, 0.1) is 0 Å². The Balaban J connectivity index is 1.76. The van der Waals surface area contributed by atoms with Crippen molar-refractivity contribution in [2.24, 2.45) is 0 Å². The molecule has 0 amide bonds. The van der Waals surface area contributed by atoms with Crippen molar-refractivity contribution in [2.45, 2.75) is 6.92 Å². The largest absolute Gasteiger partial charge is 0.368 e. The Kier molecular flexibility index (Phi) is 4.74. The Labute approximate surface area is 113 Å². The lowest BCUT2D eigenvalue weighted by molar-refractivity contribution is 0.158. The van der Waals surface area contributed by atoms with Gasteiger partial charge in [0.2, 0.25) is 5.28 Å². The van der Waals surface area contributed by atoms with E-state index in [2.05, 4.69) is 32.1 Å². The number of aryl methyl sites for hydroxylation is 1. The molecule has 0 saturated carbocycles. The second-order valence-corrected chi connectivity index (χ2v) is 5.08. The van der Waals surface area contributed by atoms with Gasteiger partial charge in [0.15, 0.2) is 0 Å². The van der Waals surface area contributed by atoms with Gasteiger partial charge in [-0.3, -0.25) is 4.90 Å². The van der Waals surface area contributed by atoms with Crippen molar-refractivity contribution in [3.8, 4) is 0 Å². The fourth-order valence-corrected chi connectivity index (χ4v) is 2.14. The average Bonchev–Trinajstić information content (AvgIpc) is 2.36. The minimum absolute atomic E-state index is 0.294. The highest BCUT2D eigenvalue weighted by molar-refractivity contribution is 6.28. The van der Waals surface area contributed by atoms with Crippen molar-refractivity contribution in [3.63, 3.8) is 0 Å². The Hall–Kier alpha value is -0.910. The first-order valence-electron chi connectivity index (χ1n) is 6.29. The molecule has 0 unspecified atom stereocenters. The summed E-state index contributed by atoms with van der Waals surface area (Å²) in [6, 6.07) is 0. The van der Waals surface area contributed by atoms with Crippen LogP contribution in [0.3, 0.4) is 0 Å². The Morgan fingerprint density at radius 3 is 2.78 bits per heavy atom. The molecule has 0 aromatic carbocycles. The number of piperazine rings is 1. The highest BCUT2D eigenvalue weighted by Gasteiger charge is 2.13. The average molecular weight is 270 g/mol. The summed E-state index contributed by atoms with van der Waals surface area (Å²) in [5.74, 6) is 0.837. The summed E-state index contributed by atoms with van der Waals surface area (Å²) in [4.78, 5) is 13.0. The van der Waals surface area contributed by atoms with Crippen LogP contribution in [-0.2, 0) is 0 Å². The summed E-state index contributed by atoms with van der Waals surface area (Å²) in [5, 5.41) is 3.62. The predicted molar refractivity (Wildman–Crippen MR) is 74.2 cm³/mol. The number of nitrogens with zero attached hydrogens (tertiary/aromatic N) is 4. The number of hydrogen-bond acceptors (Lipinski definition) is 5. The molecule has 0 spiro atoms. The molecular weight excluding hydrogens is 250 g/mol. The zero-order valence-corrected chi connectivity index (χ0v) is 11.7. The van der Waals surface area contributed by atoms with E-state index in [9.17, 15) is 0 Å². The highest BCUT2D eigenvalue weighted by Crippen LogP contribution is 2.12. The van der Waals surface area contributed by atoms with E-state index in [0.717, 1.165) is 50.6 Å². The molecule has 2 heterocycles. The van der Waals surface area contributed by atoms with Crippen molar-refractivity contribution in [1.29, 1.82) is 0 Å². The van der Waals surface area contributed by atoms with E-state index in [1.165, 1.54) is 0 Å². The molecule has 0 aliphatic carbocycles. The van der Waals surface area contributed by atoms with E-state index in [1.54, 1.807) is 6.20 Å². The van der Waals surface area contributed by atoms with Crippen LogP contribution in [0.15, 0.2) is 6.20 Å². The van der Waals surface area contributed by atoms with Crippen LogP contribution in [0.25, 0.3) is 0 Å². The highest BCUT2D eigenvalue weighted by atomic mass is 35.5. The van der Waals surface area contributed by atoms with Crippen molar-refractivity contribution in [3.05, 3.63) is 17.0 Å². The summed E-state index contributed by atoms with van der Waals surface area (Å²) >= 11 is 5.78. The number of anilines is 1. The van der Waals surface area contributed by atoms with Crippen molar-refractivity contribution in [2.75, 3.05) is 51.6 Å². The molecule has 6 heteroatoms. The van der Waals surface area contributed by atoms with Gasteiger partial charge in [-0.05, 0) is 25.6 Å². The SMILES string of the molecule is Cc1cnc(Cl)nc1NCCN1CCN(C)CC1. The lowest BCUT2D eigenvalue weighted by Crippen LogP contribution is -2.45. The summed E-state index contributed by atoms with van der Waals surface area (Å²) in [5.41, 5.74) is 1.03. The van der Waals surface area contributed by atoms with Crippen LogP contribution < -0.4 is 5.32 Å². The molecule has 100 valence electrons. The van der Waals surface area contributed by atoms with Crippen molar-refractivity contribution >= 4 is 17.4 Å². The van der Waals surface area contributed by atoms with Gasteiger partial charge >= 0.3 is 0 Å². The monoisotopic (exact) mass is 269 g/mol. The minimum atomic E-state index is 0.294. The standard InChI is InChI=1S/C12H20ClN5/c1-10-9-15-12(13)16-11(10)14-3-4-18-7-5-17(2)6-8-18/h9H,3-8H2,1-2H3,(H,14,15,16). The molecule has 1 aromatic heterocycles. The third kappa shape index (κ3) is 3.80. The normalized spacial score (nSPS) is 17.9. The summed E-state index contributed by atoms with van der Waals surface area (Å²) < 4.78 is 0. The van der Waals surface area contributed by atoms with Crippen LogP contribution in [0.5, 0.6) is 0 Å². The molecule has 0 atom stereocenters. The van der Waals surface area contributed by atoms with Crippen LogP contribution in [0.1, 0.15) is 5.56 Å². The molecule has 5 nitrogen and oxygen atoms in total. The number of nitrogens with one attached hydrogen (secondary N) is 1. The minimum Gasteiger partial charge on any atom is -0.368 e. The van der Waals surface area contributed by atoms with Gasteiger partial charge in [-0.2, -0.15) is 0 Å². The Morgan fingerprint density at radius 1 is 1.33 bits per heavy atom. The second-order valence-electron chi connectivity index (χ2n) is 4.74. The van der Waals surface area contributed by atoms with E-state index >= 15 is 0 Å². The second kappa shape index (κ2) is 6.31. The summed E-state index contributed by atoms with van der Waals surface area (Å²) in [6.07, 6.45) is 1.74. The van der Waals surface area contributed by atoms with E-state index in [-0.39, 0.29) is 0 Å². The molecule has 1 N–H and O–H groups in total. The number of rotatable bonds is 4. The molecule has 1 saturated heterocycles. The molecule has 1 aliphatic heterocycles. The number of aromatic nitrogens is 2. The fraction of sp³-hybridized carbons (Fsp3) is 0.667. The fourth-order valence-electron chi connectivity index (χ4n) is 2.00. The van der Waals surface area contributed by atoms with Crippen LogP contribution in [0.2, 0.25) is 5.28 Å². The first kappa shape index (κ1) is 13.5. The topological polar surface area (TPSA) is 44.3 Å². The molecule has 1 fully saturated rings. The molecule has 0 bridgehead atoms. The Bertz CT molecular complexity index is 390. The maximum atomic E-state index is 5.78. The summed E-state index contributed by atoms with van der Waals surface area (Å²) in [7, 11) is 2.17. The zero-order chi connectivity index (χ0) is 13.0. The quantitative estimate of drug-likeness (QED) is 0.830. The smallest absolute Gasteiger partial charge is 0.224 e. The lowest BCUT2D eigenvalue weighted by Gasteiger charge is -2.32. The number of hydrogen-bond donors (Lipinski definition) is 1. The van der Waals surface area contributed by atoms with E-state index in [0.29, 0.717) is 5.28 Å². The summed E-state index contributed by atoms with van der Waals surface area (Å²) in [6.45, 7) is 8.49. The molecule has 0 radical (unpaired) electrons. The molecule has 18 heavy (non-hydrogen) atoms. The van der Waals surface area contributed by atoms with Gasteiger partial charge in [0.25, 0.3) is 0 Å². The predicted octanol–water partition coefficient (Wildman–Crippen LogP) is 1.10. The third-order valence-corrected chi connectivity index (χ3v) is 3.44. The lowest BCUT2D eigenvalue weighted by atomic mass is 10.3. The van der Waals surface area contributed by atoms with E-state index in [1.807, 2.05) is 6.92 Å². The van der Waals surface area contributed by atoms with Gasteiger partial charge in [-0.25, -0.2) is 9.97 Å². The number of halogens is 1. The van der Waals surface area contributed by atoms with Crippen LogP contribution in [-0.4, -0.2) is 66.1 Å². The van der Waals surface area contributed by atoms with Crippen LogP contribution in [0.4, 0.5) is 5.82 Å². The van der Waals surface area contributed by atoms with Gasteiger partial charge in [-0.15, -0.1) is 0 Å². The molecular formula is C12H20ClN5. The molecule has 1 aromatic rings. The van der Waals surface area contributed by atoms with Crippen LogP contribution >= 0.6 is 11.6 Å². The molecule has 2 rings (SSSR count). The van der Waals surface area contributed by atoms with Crippen molar-refractivity contribution < 1.29 is 0 Å². The van der Waals surface area contributed by atoms with E-state index in [4.69, 9.17) is 11.6 Å². The van der Waals surface area contributed by atoms with Crippen LogP contribution in [0, 0.1) is 6.92 Å². The van der Waals surface area contributed by atoms with Gasteiger partial charge < -0.3 is 10.2 Å². The third-order valence-electron chi connectivity index (χ3n) is 3.26. The Morgan fingerprint density at radius 2 is 2.06 bits per heavy atom. The van der Waals surface area contributed by atoms with Crippen molar-refractivity contribution in [1.82, 2.24) is 19.8 Å². The first-order chi connectivity index (χ1) is 8.65. The maximum absolute atomic E-state index is 5.78. The first-order valence-corrected chi connectivity index (χ1v) is 6.67. The molecule has 1 aliphatic rings. The van der Waals surface area contributed by atoms with Gasteiger partial charge in [0, 0.05) is 51.0 Å². The zero-order valence-electron chi connectivity index (χ0n) is 11.0. The van der Waals surface area contributed by atoms with Gasteiger partial charge in [-0.1, -0.05) is 0 Å². The van der Waals surface area contributed by atoms with Gasteiger partial charge in [0.1, 0.15) is 5.82 Å². The maximum Gasteiger partial charge on any atom is 0.224 e. The van der Waals surface area contributed by atoms with E-state index < -0.39 is 0 Å². The number of likely N-dealkylation sites (N-methyl/N-ethyl adjacent to an activating group) is 1.